The zero-order valence-electron chi connectivity index (χ0n) is 21.0. The molecule has 0 aromatic heterocycles. The van der Waals surface area contributed by atoms with Crippen molar-refractivity contribution in [2.45, 2.75) is 56.2 Å². The van der Waals surface area contributed by atoms with E-state index in [9.17, 15) is 9.90 Å². The largest absolute Gasteiger partial charge is 0.508 e. The number of hydrogen-bond acceptors (Lipinski definition) is 5. The van der Waals surface area contributed by atoms with Crippen LogP contribution >= 0.6 is 0 Å². The number of hydrogen-bond donors (Lipinski definition) is 1. The molecule has 2 aliphatic carbocycles. The summed E-state index contributed by atoms with van der Waals surface area (Å²) in [5.41, 5.74) is 4.14. The van der Waals surface area contributed by atoms with E-state index in [4.69, 9.17) is 9.47 Å². The Kier molecular flexibility index (Phi) is 5.15. The number of aromatic hydroxyl groups is 1. The molecule has 2 aromatic rings. The maximum absolute atomic E-state index is 13.3. The Labute approximate surface area is 207 Å². The zero-order chi connectivity index (χ0) is 24.5. The molecule has 35 heavy (non-hydrogen) atoms. The van der Waals surface area contributed by atoms with Gasteiger partial charge in [-0.1, -0.05) is 29.8 Å². The van der Waals surface area contributed by atoms with Crippen LogP contribution in [0.15, 0.2) is 36.4 Å². The highest BCUT2D eigenvalue weighted by molar-refractivity contribution is 5.92. The number of piperidine rings is 1. The van der Waals surface area contributed by atoms with E-state index < -0.39 is 0 Å². The summed E-state index contributed by atoms with van der Waals surface area (Å²) in [5.74, 6) is 2.10. The van der Waals surface area contributed by atoms with Gasteiger partial charge in [0, 0.05) is 41.8 Å². The minimum Gasteiger partial charge on any atom is -0.508 e. The first-order chi connectivity index (χ1) is 16.8. The van der Waals surface area contributed by atoms with Gasteiger partial charge in [-0.25, -0.2) is 0 Å². The molecule has 0 unspecified atom stereocenters. The molecule has 2 aliphatic heterocycles. The minimum atomic E-state index is -0.205. The number of ether oxygens (including phenoxy) is 2. The summed E-state index contributed by atoms with van der Waals surface area (Å²) in [5, 5.41) is 11.0. The van der Waals surface area contributed by atoms with Crippen molar-refractivity contribution >= 4 is 12.0 Å². The van der Waals surface area contributed by atoms with Crippen LogP contribution in [0, 0.1) is 12.8 Å². The van der Waals surface area contributed by atoms with Crippen LogP contribution < -0.4 is 9.47 Å². The lowest BCUT2D eigenvalue weighted by atomic mass is 9.51. The molecule has 1 saturated heterocycles. The van der Waals surface area contributed by atoms with Crippen molar-refractivity contribution in [3.8, 4) is 17.2 Å². The second-order valence-electron chi connectivity index (χ2n) is 10.8. The molecule has 1 saturated carbocycles. The number of likely N-dealkylation sites (tertiary alicyclic amines) is 1. The molecule has 6 heteroatoms. The summed E-state index contributed by atoms with van der Waals surface area (Å²) in [4.78, 5) is 17.7. The molecular formula is C29H34N2O4. The van der Waals surface area contributed by atoms with Gasteiger partial charge in [0.05, 0.1) is 13.2 Å². The average molecular weight is 475 g/mol. The molecular weight excluding hydrogens is 440 g/mol. The number of aryl methyl sites for hydroxylation is 1. The van der Waals surface area contributed by atoms with Gasteiger partial charge in [0.1, 0.15) is 11.9 Å². The maximum atomic E-state index is 13.3. The first-order valence-electron chi connectivity index (χ1n) is 12.7. The fourth-order valence-corrected chi connectivity index (χ4v) is 7.53. The number of phenols is 1. The van der Waals surface area contributed by atoms with Crippen LogP contribution in [0.4, 0.5) is 0 Å². The Bertz CT molecular complexity index is 1220. The lowest BCUT2D eigenvalue weighted by Crippen LogP contribution is -2.68. The molecule has 1 N–H and O–H groups in total. The van der Waals surface area contributed by atoms with Crippen LogP contribution in [-0.2, 0) is 16.6 Å². The number of carbonyl (C=O) groups excluding carboxylic acids is 1. The Balaban J connectivity index is 1.38. The fraction of sp³-hybridized carbons (Fsp3) is 0.483. The average Bonchev–Trinajstić information content (AvgIpc) is 3.19. The van der Waals surface area contributed by atoms with Crippen molar-refractivity contribution in [1.29, 1.82) is 0 Å². The number of carbonyl (C=O) groups is 1. The van der Waals surface area contributed by atoms with E-state index in [0.29, 0.717) is 23.5 Å². The lowest BCUT2D eigenvalue weighted by molar-refractivity contribution is -0.134. The zero-order valence-corrected chi connectivity index (χ0v) is 21.0. The van der Waals surface area contributed by atoms with Crippen molar-refractivity contribution in [2.75, 3.05) is 27.7 Å². The number of phenolic OH excluding ortho intramolecular Hbond substituents is 1. The monoisotopic (exact) mass is 474 g/mol. The van der Waals surface area contributed by atoms with Crippen molar-refractivity contribution in [2.24, 2.45) is 5.92 Å². The number of benzene rings is 2. The van der Waals surface area contributed by atoms with Crippen LogP contribution in [0.1, 0.15) is 41.5 Å². The standard InChI is InChI=1S/C29H34N2O4/c1-17-6-5-7-18(14-17)8-11-25(33)31(3)21-10-9-20-22-15-19-23(32)16-24(34-4)27-26(19)29(20,28(21)35-27)12-13-30(22)2/h5-8,11,14,16,20-22,28,32H,9-10,12-13,15H2,1-4H3/t20-,21-,22+,28-,29-/m0/s1. The molecule has 4 aliphatic rings. The summed E-state index contributed by atoms with van der Waals surface area (Å²) in [6.45, 7) is 3.03. The highest BCUT2D eigenvalue weighted by Crippen LogP contribution is 2.65. The molecule has 1 spiro atoms. The van der Waals surface area contributed by atoms with Crippen LogP contribution in [-0.4, -0.2) is 66.8 Å². The first kappa shape index (κ1) is 22.5. The van der Waals surface area contributed by atoms with E-state index in [1.807, 2.05) is 30.2 Å². The normalized spacial score (nSPS) is 30.6. The molecule has 6 nitrogen and oxygen atoms in total. The van der Waals surface area contributed by atoms with Gasteiger partial charge in [0.25, 0.3) is 0 Å². The smallest absolute Gasteiger partial charge is 0.246 e. The van der Waals surface area contributed by atoms with Gasteiger partial charge in [0.15, 0.2) is 11.5 Å². The van der Waals surface area contributed by atoms with E-state index in [2.05, 4.69) is 31.0 Å². The van der Waals surface area contributed by atoms with Crippen molar-refractivity contribution in [3.05, 3.63) is 58.7 Å². The summed E-state index contributed by atoms with van der Waals surface area (Å²) in [6, 6.07) is 10.2. The van der Waals surface area contributed by atoms with E-state index >= 15 is 0 Å². The van der Waals surface area contributed by atoms with E-state index in [-0.39, 0.29) is 23.5 Å². The molecule has 184 valence electrons. The van der Waals surface area contributed by atoms with E-state index in [0.717, 1.165) is 54.7 Å². The van der Waals surface area contributed by atoms with Crippen molar-refractivity contribution in [1.82, 2.24) is 9.80 Å². The summed E-state index contributed by atoms with van der Waals surface area (Å²) in [6.07, 6.45) is 7.15. The molecule has 0 radical (unpaired) electrons. The van der Waals surface area contributed by atoms with Gasteiger partial charge in [0.2, 0.25) is 5.91 Å². The van der Waals surface area contributed by atoms with Gasteiger partial charge in [-0.2, -0.15) is 0 Å². The SMILES string of the molecule is COc1cc(O)c2c3c1O[C@H]1[C@@H](N(C)C(=O)C=Cc4cccc(C)c4)CC[C@H]4[C@@H](C2)N(C)CC[C@@]341. The molecule has 2 aromatic carbocycles. The third-order valence-electron chi connectivity index (χ3n) is 9.18. The molecule has 2 fully saturated rings. The van der Waals surface area contributed by atoms with Crippen molar-refractivity contribution < 1.29 is 19.4 Å². The molecule has 2 heterocycles. The highest BCUT2D eigenvalue weighted by atomic mass is 16.5. The van der Waals surface area contributed by atoms with E-state index in [1.165, 1.54) is 5.56 Å². The topological polar surface area (TPSA) is 62.2 Å². The summed E-state index contributed by atoms with van der Waals surface area (Å²) in [7, 11) is 5.73. The molecule has 6 rings (SSSR count). The second kappa shape index (κ2) is 8.02. The Morgan fingerprint density at radius 1 is 1.31 bits per heavy atom. The van der Waals surface area contributed by atoms with Gasteiger partial charge in [-0.15, -0.1) is 0 Å². The van der Waals surface area contributed by atoms with Gasteiger partial charge >= 0.3 is 0 Å². The predicted molar refractivity (Wildman–Crippen MR) is 135 cm³/mol. The number of methoxy groups -OCH3 is 1. The number of rotatable bonds is 4. The number of likely N-dealkylation sites (N-methyl/N-ethyl adjacent to an activating group) is 2. The first-order valence-corrected chi connectivity index (χ1v) is 12.7. The quantitative estimate of drug-likeness (QED) is 0.681. The van der Waals surface area contributed by atoms with Crippen LogP contribution in [0.25, 0.3) is 6.08 Å². The summed E-state index contributed by atoms with van der Waals surface area (Å²) >= 11 is 0. The Hall–Kier alpha value is -2.99. The van der Waals surface area contributed by atoms with Crippen LogP contribution in [0.2, 0.25) is 0 Å². The van der Waals surface area contributed by atoms with Gasteiger partial charge < -0.3 is 24.4 Å². The Morgan fingerprint density at radius 2 is 2.14 bits per heavy atom. The molecule has 1 amide bonds. The van der Waals surface area contributed by atoms with Crippen LogP contribution in [0.3, 0.4) is 0 Å². The van der Waals surface area contributed by atoms with Gasteiger partial charge in [-0.05, 0) is 63.8 Å². The summed E-state index contributed by atoms with van der Waals surface area (Å²) < 4.78 is 12.4. The lowest BCUT2D eigenvalue weighted by Gasteiger charge is -2.59. The third kappa shape index (κ3) is 3.15. The minimum absolute atomic E-state index is 0.0127. The second-order valence-corrected chi connectivity index (χ2v) is 10.8. The maximum Gasteiger partial charge on any atom is 0.246 e. The van der Waals surface area contributed by atoms with Crippen LogP contribution in [0.5, 0.6) is 17.2 Å². The third-order valence-corrected chi connectivity index (χ3v) is 9.18. The van der Waals surface area contributed by atoms with E-state index in [1.54, 1.807) is 19.3 Å². The number of amides is 1. The molecule has 5 atom stereocenters. The van der Waals surface area contributed by atoms with Gasteiger partial charge in [-0.3, -0.25) is 4.79 Å². The highest BCUT2D eigenvalue weighted by Gasteiger charge is 2.66. The number of nitrogens with zero attached hydrogens (tertiary/aromatic N) is 2. The van der Waals surface area contributed by atoms with Crippen molar-refractivity contribution in [3.63, 3.8) is 0 Å². The molecule has 2 bridgehead atoms. The fourth-order valence-electron chi connectivity index (χ4n) is 7.53. The predicted octanol–water partition coefficient (Wildman–Crippen LogP) is 3.92. The Morgan fingerprint density at radius 3 is 2.91 bits per heavy atom.